The SMILES string of the molecule is CC(OCc1ccccc1)C(NC(=O)C(CNC(=O)OCC1c2ccccc2-c2ccccc21)C1CCC1)C(=O)O. The van der Waals surface area contributed by atoms with Crippen LogP contribution < -0.4 is 10.6 Å². The van der Waals surface area contributed by atoms with Crippen LogP contribution in [0.4, 0.5) is 4.79 Å². The highest BCUT2D eigenvalue weighted by Gasteiger charge is 2.37. The summed E-state index contributed by atoms with van der Waals surface area (Å²) in [7, 11) is 0. The zero-order valence-electron chi connectivity index (χ0n) is 23.1. The predicted molar refractivity (Wildman–Crippen MR) is 154 cm³/mol. The van der Waals surface area contributed by atoms with Gasteiger partial charge in [-0.05, 0) is 53.5 Å². The lowest BCUT2D eigenvalue weighted by Gasteiger charge is -2.34. The lowest BCUT2D eigenvalue weighted by molar-refractivity contribution is -0.147. The molecule has 0 bridgehead atoms. The largest absolute Gasteiger partial charge is 0.480 e. The summed E-state index contributed by atoms with van der Waals surface area (Å²) in [6.07, 6.45) is 1.34. The van der Waals surface area contributed by atoms with Crippen LogP contribution in [0, 0.1) is 11.8 Å². The maximum Gasteiger partial charge on any atom is 0.407 e. The molecule has 1 saturated carbocycles. The summed E-state index contributed by atoms with van der Waals surface area (Å²) in [5.74, 6) is -2.13. The van der Waals surface area contributed by atoms with Gasteiger partial charge in [0.2, 0.25) is 5.91 Å². The smallest absolute Gasteiger partial charge is 0.407 e. The van der Waals surface area contributed by atoms with E-state index in [9.17, 15) is 19.5 Å². The Bertz CT molecular complexity index is 1330. The van der Waals surface area contributed by atoms with Crippen LogP contribution in [-0.4, -0.2) is 48.4 Å². The molecule has 41 heavy (non-hydrogen) atoms. The Kier molecular flexibility index (Phi) is 8.99. The van der Waals surface area contributed by atoms with E-state index in [1.54, 1.807) is 6.92 Å². The maximum atomic E-state index is 13.3. The Labute approximate surface area is 240 Å². The van der Waals surface area contributed by atoms with E-state index in [2.05, 4.69) is 34.9 Å². The van der Waals surface area contributed by atoms with Crippen molar-refractivity contribution in [2.75, 3.05) is 13.2 Å². The van der Waals surface area contributed by atoms with Gasteiger partial charge in [-0.2, -0.15) is 0 Å². The number of alkyl carbamates (subject to hydrolysis) is 1. The van der Waals surface area contributed by atoms with E-state index in [4.69, 9.17) is 9.47 Å². The quantitative estimate of drug-likeness (QED) is 0.286. The van der Waals surface area contributed by atoms with Crippen LogP contribution in [0.25, 0.3) is 11.1 Å². The molecule has 5 rings (SSSR count). The molecule has 0 heterocycles. The van der Waals surface area contributed by atoms with Gasteiger partial charge in [-0.25, -0.2) is 9.59 Å². The Morgan fingerprint density at radius 2 is 1.51 bits per heavy atom. The second kappa shape index (κ2) is 13.0. The molecule has 0 aromatic heterocycles. The van der Waals surface area contributed by atoms with Gasteiger partial charge in [-0.15, -0.1) is 0 Å². The van der Waals surface area contributed by atoms with Gasteiger partial charge in [0.05, 0.1) is 18.6 Å². The normalized spacial score (nSPS) is 16.4. The van der Waals surface area contributed by atoms with E-state index in [-0.39, 0.29) is 31.6 Å². The summed E-state index contributed by atoms with van der Waals surface area (Å²) in [6, 6.07) is 24.5. The van der Waals surface area contributed by atoms with Gasteiger partial charge >= 0.3 is 12.1 Å². The van der Waals surface area contributed by atoms with E-state index >= 15 is 0 Å². The van der Waals surface area contributed by atoms with Crippen molar-refractivity contribution in [1.29, 1.82) is 0 Å². The summed E-state index contributed by atoms with van der Waals surface area (Å²) < 4.78 is 11.4. The molecule has 3 atom stereocenters. The van der Waals surface area contributed by atoms with Gasteiger partial charge in [-0.1, -0.05) is 85.3 Å². The molecule has 2 amide bonds. The highest BCUT2D eigenvalue weighted by Crippen LogP contribution is 2.44. The molecule has 3 N–H and O–H groups in total. The molecule has 2 aliphatic carbocycles. The molecule has 0 radical (unpaired) electrons. The first-order valence-electron chi connectivity index (χ1n) is 14.2. The van der Waals surface area contributed by atoms with Gasteiger partial charge in [0.1, 0.15) is 6.61 Å². The average Bonchev–Trinajstić information content (AvgIpc) is 3.28. The van der Waals surface area contributed by atoms with E-state index < -0.39 is 36.0 Å². The number of nitrogens with one attached hydrogen (secondary N) is 2. The molecule has 3 aromatic rings. The molecular weight excluding hydrogens is 520 g/mol. The Balaban J connectivity index is 1.16. The summed E-state index contributed by atoms with van der Waals surface area (Å²) in [6.45, 7) is 2.11. The van der Waals surface area contributed by atoms with Crippen molar-refractivity contribution in [2.45, 2.75) is 50.9 Å². The molecule has 2 aliphatic rings. The van der Waals surface area contributed by atoms with Crippen LogP contribution in [0.5, 0.6) is 0 Å². The van der Waals surface area contributed by atoms with Gasteiger partial charge < -0.3 is 25.2 Å². The minimum atomic E-state index is -1.22. The summed E-state index contributed by atoms with van der Waals surface area (Å²) in [4.78, 5) is 38.1. The molecule has 1 fully saturated rings. The molecule has 8 heteroatoms. The van der Waals surface area contributed by atoms with E-state index in [0.717, 1.165) is 47.1 Å². The van der Waals surface area contributed by atoms with E-state index in [1.807, 2.05) is 54.6 Å². The minimum absolute atomic E-state index is 0.0624. The zero-order valence-corrected chi connectivity index (χ0v) is 23.1. The number of hydrogen-bond donors (Lipinski definition) is 3. The molecular formula is C33H36N2O6. The molecule has 0 aliphatic heterocycles. The van der Waals surface area contributed by atoms with Crippen molar-refractivity contribution in [3.63, 3.8) is 0 Å². The number of carbonyl (C=O) groups is 3. The molecule has 214 valence electrons. The first-order chi connectivity index (χ1) is 19.9. The van der Waals surface area contributed by atoms with Crippen LogP contribution in [0.1, 0.15) is 48.8 Å². The fraction of sp³-hybridized carbons (Fsp3) is 0.364. The lowest BCUT2D eigenvalue weighted by atomic mass is 9.75. The van der Waals surface area contributed by atoms with Gasteiger partial charge in [-0.3, -0.25) is 4.79 Å². The van der Waals surface area contributed by atoms with Crippen molar-refractivity contribution in [1.82, 2.24) is 10.6 Å². The third kappa shape index (κ3) is 6.60. The average molecular weight is 557 g/mol. The van der Waals surface area contributed by atoms with Crippen LogP contribution in [0.2, 0.25) is 0 Å². The van der Waals surface area contributed by atoms with Crippen molar-refractivity contribution in [2.24, 2.45) is 11.8 Å². The minimum Gasteiger partial charge on any atom is -0.480 e. The second-order valence-corrected chi connectivity index (χ2v) is 10.8. The second-order valence-electron chi connectivity index (χ2n) is 10.8. The van der Waals surface area contributed by atoms with Crippen molar-refractivity contribution in [3.05, 3.63) is 95.6 Å². The fourth-order valence-electron chi connectivity index (χ4n) is 5.70. The number of benzene rings is 3. The van der Waals surface area contributed by atoms with Gasteiger partial charge in [0.25, 0.3) is 0 Å². The van der Waals surface area contributed by atoms with Gasteiger partial charge in [0.15, 0.2) is 6.04 Å². The number of amides is 2. The van der Waals surface area contributed by atoms with E-state index in [1.165, 1.54) is 0 Å². The van der Waals surface area contributed by atoms with E-state index in [0.29, 0.717) is 0 Å². The third-order valence-electron chi connectivity index (χ3n) is 8.25. The van der Waals surface area contributed by atoms with Crippen LogP contribution in [-0.2, 0) is 25.7 Å². The number of hydrogen-bond acceptors (Lipinski definition) is 5. The standard InChI is InChI=1S/C33H36N2O6/c1-21(40-19-22-10-3-2-4-11-22)30(32(37)38)35-31(36)28(23-12-9-13-23)18-34-33(39)41-20-29-26-16-7-5-14-24(26)25-15-6-8-17-27(25)29/h2-8,10-11,14-17,21,23,28-30H,9,12-13,18-20H2,1H3,(H,34,39)(H,35,36)(H,37,38). The maximum absolute atomic E-state index is 13.3. The number of carbonyl (C=O) groups excluding carboxylic acids is 2. The van der Waals surface area contributed by atoms with Crippen molar-refractivity contribution in [3.8, 4) is 11.1 Å². The number of carboxylic acid groups (broad SMARTS) is 1. The van der Waals surface area contributed by atoms with Gasteiger partial charge in [0, 0.05) is 12.5 Å². The van der Waals surface area contributed by atoms with Crippen molar-refractivity contribution < 1.29 is 29.0 Å². The first kappa shape index (κ1) is 28.4. The molecule has 3 unspecified atom stereocenters. The zero-order chi connectivity index (χ0) is 28.8. The van der Waals surface area contributed by atoms with Crippen molar-refractivity contribution >= 4 is 18.0 Å². The Morgan fingerprint density at radius 1 is 0.902 bits per heavy atom. The molecule has 0 saturated heterocycles. The number of fused-ring (bicyclic) bond motifs is 3. The summed E-state index contributed by atoms with van der Waals surface area (Å²) in [5, 5.41) is 15.3. The Morgan fingerprint density at radius 3 is 2.10 bits per heavy atom. The summed E-state index contributed by atoms with van der Waals surface area (Å²) in [5.41, 5.74) is 5.45. The lowest BCUT2D eigenvalue weighted by Crippen LogP contribution is -2.53. The fourth-order valence-corrected chi connectivity index (χ4v) is 5.70. The van der Waals surface area contributed by atoms with Crippen LogP contribution in [0.15, 0.2) is 78.9 Å². The molecule has 0 spiro atoms. The highest BCUT2D eigenvalue weighted by atomic mass is 16.5. The number of ether oxygens (including phenoxy) is 2. The van der Waals surface area contributed by atoms with Crippen LogP contribution >= 0.6 is 0 Å². The summed E-state index contributed by atoms with van der Waals surface area (Å²) >= 11 is 0. The highest BCUT2D eigenvalue weighted by molar-refractivity contribution is 5.86. The monoisotopic (exact) mass is 556 g/mol. The molecule has 8 nitrogen and oxygen atoms in total. The van der Waals surface area contributed by atoms with Crippen LogP contribution in [0.3, 0.4) is 0 Å². The Hall–Kier alpha value is -4.17. The number of rotatable bonds is 12. The predicted octanol–water partition coefficient (Wildman–Crippen LogP) is 5.12. The number of carboxylic acids is 1. The topological polar surface area (TPSA) is 114 Å². The number of aliphatic carboxylic acids is 1. The first-order valence-corrected chi connectivity index (χ1v) is 14.2. The third-order valence-corrected chi connectivity index (χ3v) is 8.25. The molecule has 3 aromatic carbocycles.